The summed E-state index contributed by atoms with van der Waals surface area (Å²) in [5, 5.41) is 0. The molecular formula is C13H68O18Si20. The van der Waals surface area contributed by atoms with Gasteiger partial charge in [-0.05, 0) is 78.6 Å². The first-order chi connectivity index (χ1) is 23.1. The lowest BCUT2D eigenvalue weighted by Gasteiger charge is -2.64. The Morgan fingerprint density at radius 2 is 1.08 bits per heavy atom. The Kier molecular flexibility index (Phi) is 23.3. The molecule has 0 amide bonds. The monoisotopic (exact) mass is 1070 g/mol. The second-order valence-corrected chi connectivity index (χ2v) is 128. The summed E-state index contributed by atoms with van der Waals surface area (Å²) in [4.78, 5) is 103. The first kappa shape index (κ1) is 54.6. The summed E-state index contributed by atoms with van der Waals surface area (Å²) in [7, 11) is -45.8. The van der Waals surface area contributed by atoms with Crippen LogP contribution in [-0.2, 0) is 37.3 Å². The normalized spacial score (nSPS) is 24.1. The molecule has 0 heterocycles. The average molecular weight is 1070 g/mol. The SMILES string of the molecule is CO[Si](C)([SiH3])[Si](O[SiH](C)O)([Si](O[SiH](C)O[Si](C)(C)C)([SiH2]O)[SiH](C)O)[Si](O[Si](C)(C)O[Si](C)(C)C)(O[Si](O[SiH2]O)([SiH2]O)[SiH2]O)[Si](O[SiH2]O)([SiH2]O)[SiH2]O. The summed E-state index contributed by atoms with van der Waals surface area (Å²) in [5.74, 6) is 0. The minimum Gasteiger partial charge on any atom is -0.440 e. The van der Waals surface area contributed by atoms with Gasteiger partial charge in [0.05, 0.1) is 0 Å². The van der Waals surface area contributed by atoms with Gasteiger partial charge < -0.3 is 80.5 Å². The lowest BCUT2D eigenvalue weighted by atomic mass is 11.8. The number of hydrogen-bond acceptors (Lipinski definition) is 18. The van der Waals surface area contributed by atoms with E-state index in [1.54, 1.807) is 19.6 Å². The van der Waals surface area contributed by atoms with Crippen LogP contribution in [0.1, 0.15) is 0 Å². The molecule has 0 radical (unpaired) electrons. The quantitative estimate of drug-likeness (QED) is 0.0346. The smallest absolute Gasteiger partial charge is 0.338 e. The third-order valence-corrected chi connectivity index (χ3v) is 203. The van der Waals surface area contributed by atoms with Crippen molar-refractivity contribution in [3.63, 3.8) is 0 Å². The summed E-state index contributed by atoms with van der Waals surface area (Å²) in [6.07, 6.45) is 0. The maximum Gasteiger partial charge on any atom is 0.338 e. The van der Waals surface area contributed by atoms with Crippen molar-refractivity contribution in [1.82, 2.24) is 0 Å². The fraction of sp³-hybridized carbons (Fsp3) is 1.00. The van der Waals surface area contributed by atoms with E-state index in [-0.39, 0.29) is 9.76 Å². The minimum atomic E-state index is -4.99. The van der Waals surface area contributed by atoms with Crippen LogP contribution in [0.2, 0.25) is 78.6 Å². The van der Waals surface area contributed by atoms with Gasteiger partial charge in [0, 0.05) is 16.9 Å². The summed E-state index contributed by atoms with van der Waals surface area (Å²) in [5.41, 5.74) is 0. The fourth-order valence-electron chi connectivity index (χ4n) is 6.44. The molecule has 7 atom stereocenters. The van der Waals surface area contributed by atoms with Crippen molar-refractivity contribution in [3.8, 4) is 0 Å². The summed E-state index contributed by atoms with van der Waals surface area (Å²) in [6, 6.07) is 0. The van der Waals surface area contributed by atoms with E-state index >= 15 is 0 Å². The molecule has 51 heavy (non-hydrogen) atoms. The zero-order valence-electron chi connectivity index (χ0n) is 32.9. The molecule has 0 aromatic carbocycles. The molecule has 38 heteroatoms. The molecule has 0 aromatic rings. The van der Waals surface area contributed by atoms with Gasteiger partial charge in [-0.2, -0.15) is 0 Å². The van der Waals surface area contributed by atoms with Gasteiger partial charge in [0.15, 0.2) is 60.4 Å². The van der Waals surface area contributed by atoms with Crippen molar-refractivity contribution in [1.29, 1.82) is 0 Å². The second kappa shape index (κ2) is 21.7. The lowest BCUT2D eigenvalue weighted by molar-refractivity contribution is 0.306. The highest BCUT2D eigenvalue weighted by Gasteiger charge is 2.89. The van der Waals surface area contributed by atoms with Crippen LogP contribution >= 0.6 is 0 Å². The topological polar surface area (TPSA) is 265 Å². The van der Waals surface area contributed by atoms with Crippen LogP contribution in [0.4, 0.5) is 0 Å². The molecule has 0 aliphatic carbocycles. The predicted octanol–water partition coefficient (Wildman–Crippen LogP) is -11.4. The van der Waals surface area contributed by atoms with Crippen LogP contribution in [0.5, 0.6) is 0 Å². The van der Waals surface area contributed by atoms with Crippen LogP contribution in [0, 0.1) is 0 Å². The van der Waals surface area contributed by atoms with E-state index < -0.39 is 162 Å². The van der Waals surface area contributed by atoms with E-state index in [9.17, 15) is 43.2 Å². The molecule has 18 nitrogen and oxygen atoms in total. The molecule has 9 N–H and O–H groups in total. The zero-order valence-corrected chi connectivity index (χ0v) is 57.2. The Morgan fingerprint density at radius 3 is 1.39 bits per heavy atom. The largest absolute Gasteiger partial charge is 0.440 e. The third-order valence-electron chi connectivity index (χ3n) is 8.10. The van der Waals surface area contributed by atoms with Crippen LogP contribution in [-0.4, -0.2) is 222 Å². The minimum absolute atomic E-state index is 0.238. The van der Waals surface area contributed by atoms with Crippen LogP contribution in [0.25, 0.3) is 0 Å². The van der Waals surface area contributed by atoms with Crippen LogP contribution in [0.15, 0.2) is 0 Å². The molecule has 7 unspecified atom stereocenters. The maximum atomic E-state index is 12.4. The van der Waals surface area contributed by atoms with E-state index in [4.69, 9.17) is 37.3 Å². The van der Waals surface area contributed by atoms with Gasteiger partial charge in [-0.3, -0.25) is 0 Å². The molecule has 0 rings (SSSR count). The number of rotatable bonds is 27. The predicted molar refractivity (Wildman–Crippen MR) is 249 cm³/mol. The van der Waals surface area contributed by atoms with E-state index in [0.717, 1.165) is 0 Å². The first-order valence-electron chi connectivity index (χ1n) is 16.7. The van der Waals surface area contributed by atoms with E-state index in [1.807, 2.05) is 52.4 Å². The molecule has 0 saturated heterocycles. The van der Waals surface area contributed by atoms with Gasteiger partial charge in [-0.15, -0.1) is 0 Å². The summed E-state index contributed by atoms with van der Waals surface area (Å²) >= 11 is 0. The Hall–Kier alpha value is 3.62. The molecule has 308 valence electrons. The van der Waals surface area contributed by atoms with Crippen LogP contribution < -0.4 is 0 Å². The lowest BCUT2D eigenvalue weighted by Crippen LogP contribution is -3.05. The van der Waals surface area contributed by atoms with Crippen molar-refractivity contribution in [2.45, 2.75) is 78.6 Å². The first-order valence-corrected chi connectivity index (χ1v) is 70.5. The van der Waals surface area contributed by atoms with E-state index in [1.165, 1.54) is 13.7 Å². The Bertz CT molecular complexity index is 1030. The third kappa shape index (κ3) is 13.1. The van der Waals surface area contributed by atoms with Gasteiger partial charge in [0.2, 0.25) is 25.4 Å². The average Bonchev–Trinajstić information content (AvgIpc) is 2.98. The molecule has 0 aromatic heterocycles. The molecule has 0 aliphatic heterocycles. The van der Waals surface area contributed by atoms with E-state index in [0.29, 0.717) is 0 Å². The molecule has 0 aliphatic rings. The van der Waals surface area contributed by atoms with Crippen molar-refractivity contribution >= 4 is 172 Å². The standard InChI is InChI=1S/C13H68O18Si20/c1-23-46(13,32)51(26-40(2)21,50(39-20,41(3)22)28-42(4)27-43(5,6)7)48(49(37-18,38-19)25-34-15,30-45(11,12)29-44(8,9)10)31-47(35-16,36-17)24-33-14/h14-22,40-42H,33-39H2,1-13,32H3. The van der Waals surface area contributed by atoms with Gasteiger partial charge in [-0.25, -0.2) is 0 Å². The Labute approximate surface area is 335 Å². The number of hydrogen-bond donors (Lipinski definition) is 9. The van der Waals surface area contributed by atoms with Gasteiger partial charge >= 0.3 is 33.0 Å². The highest BCUT2D eigenvalue weighted by molar-refractivity contribution is 8.12. The zero-order chi connectivity index (χ0) is 40.5. The van der Waals surface area contributed by atoms with E-state index in [2.05, 4.69) is 0 Å². The van der Waals surface area contributed by atoms with Crippen molar-refractivity contribution in [2.75, 3.05) is 7.11 Å². The molecule has 0 fully saturated rings. The van der Waals surface area contributed by atoms with Crippen molar-refractivity contribution in [3.05, 3.63) is 0 Å². The van der Waals surface area contributed by atoms with Gasteiger partial charge in [-0.1, -0.05) is 0 Å². The Morgan fingerprint density at radius 1 is 0.588 bits per heavy atom. The highest BCUT2D eigenvalue weighted by atomic mass is 30.3. The fourth-order valence-corrected chi connectivity index (χ4v) is 347. The summed E-state index contributed by atoms with van der Waals surface area (Å²) < 4.78 is 61.7. The van der Waals surface area contributed by atoms with Crippen LogP contribution in [0.3, 0.4) is 0 Å². The molecule has 0 saturated carbocycles. The second-order valence-electron chi connectivity index (χ2n) is 15.3. The molecular weight excluding hydrogens is 1010 g/mol. The highest BCUT2D eigenvalue weighted by Crippen LogP contribution is 2.46. The summed E-state index contributed by atoms with van der Waals surface area (Å²) in [6.45, 7) is 9.12. The van der Waals surface area contributed by atoms with Crippen molar-refractivity contribution in [2.24, 2.45) is 0 Å². The van der Waals surface area contributed by atoms with Gasteiger partial charge in [0.1, 0.15) is 0 Å². The maximum absolute atomic E-state index is 12.4. The van der Waals surface area contributed by atoms with Gasteiger partial charge in [0.25, 0.3) is 43.0 Å². The Balaban J connectivity index is 9.70. The molecule has 0 bridgehead atoms. The molecule has 0 spiro atoms. The van der Waals surface area contributed by atoms with Crippen molar-refractivity contribution < 1.29 is 80.5 Å².